The van der Waals surface area contributed by atoms with Crippen molar-refractivity contribution in [2.75, 3.05) is 0 Å². The number of halogens is 1. The van der Waals surface area contributed by atoms with Gasteiger partial charge in [-0.1, -0.05) is 55.5 Å². The summed E-state index contributed by atoms with van der Waals surface area (Å²) in [6, 6.07) is 22.2. The summed E-state index contributed by atoms with van der Waals surface area (Å²) in [7, 11) is 0. The van der Waals surface area contributed by atoms with Crippen LogP contribution in [0.4, 0.5) is 4.39 Å². The van der Waals surface area contributed by atoms with Crippen LogP contribution in [-0.4, -0.2) is 0 Å². The minimum Gasteiger partial charge on any atom is -0.206 e. The van der Waals surface area contributed by atoms with E-state index in [0.29, 0.717) is 16.7 Å². The molecule has 0 aromatic heterocycles. The number of unbranched alkanes of at least 4 members (excludes halogenated alkanes) is 1. The van der Waals surface area contributed by atoms with E-state index in [9.17, 15) is 4.39 Å². The maximum absolute atomic E-state index is 14.5. The molecule has 132 valence electrons. The monoisotopic (exact) mass is 353 g/mol. The smallest absolute Gasteiger partial charge is 0.132 e. The minimum atomic E-state index is -0.318. The van der Waals surface area contributed by atoms with Crippen LogP contribution < -0.4 is 0 Å². The van der Waals surface area contributed by atoms with E-state index < -0.39 is 0 Å². The van der Waals surface area contributed by atoms with E-state index in [4.69, 9.17) is 5.26 Å². The average Bonchev–Trinajstić information content (AvgIpc) is 2.72. The fraction of sp³-hybridized carbons (Fsp3) is 0.160. The largest absolute Gasteiger partial charge is 0.206 e. The van der Waals surface area contributed by atoms with Crippen LogP contribution in [0.15, 0.2) is 66.7 Å². The first-order valence-electron chi connectivity index (χ1n) is 9.10. The van der Waals surface area contributed by atoms with E-state index in [1.54, 1.807) is 30.3 Å². The Balaban J connectivity index is 1.76. The molecule has 0 atom stereocenters. The SMILES string of the molecule is CCCCc1ccc(C#Cc2ccc(-c3ccc(C#N)cc3)c(F)c2)cc1. The lowest BCUT2D eigenvalue weighted by atomic mass is 10.0. The maximum Gasteiger partial charge on any atom is 0.132 e. The Bertz CT molecular complexity index is 1010. The molecule has 3 aromatic carbocycles. The van der Waals surface area contributed by atoms with Gasteiger partial charge in [-0.3, -0.25) is 0 Å². The zero-order chi connectivity index (χ0) is 19.1. The Morgan fingerprint density at radius 2 is 1.44 bits per heavy atom. The lowest BCUT2D eigenvalue weighted by Crippen LogP contribution is -1.87. The highest BCUT2D eigenvalue weighted by atomic mass is 19.1. The van der Waals surface area contributed by atoms with E-state index in [-0.39, 0.29) is 5.82 Å². The van der Waals surface area contributed by atoms with Gasteiger partial charge in [0, 0.05) is 16.7 Å². The molecule has 0 heterocycles. The summed E-state index contributed by atoms with van der Waals surface area (Å²) in [4.78, 5) is 0. The first-order valence-corrected chi connectivity index (χ1v) is 9.10. The van der Waals surface area contributed by atoms with Crippen LogP contribution in [-0.2, 0) is 6.42 Å². The molecule has 0 radical (unpaired) electrons. The Morgan fingerprint density at radius 1 is 0.815 bits per heavy atom. The van der Waals surface area contributed by atoms with Crippen molar-refractivity contribution in [3.8, 4) is 29.0 Å². The van der Waals surface area contributed by atoms with Gasteiger partial charge in [-0.2, -0.15) is 5.26 Å². The Kier molecular flexibility index (Phi) is 6.03. The van der Waals surface area contributed by atoms with Gasteiger partial charge in [-0.25, -0.2) is 4.39 Å². The molecule has 2 heteroatoms. The third-order valence-corrected chi connectivity index (χ3v) is 4.42. The van der Waals surface area contributed by atoms with Gasteiger partial charge in [0.2, 0.25) is 0 Å². The van der Waals surface area contributed by atoms with Gasteiger partial charge in [-0.05, 0) is 60.4 Å². The minimum absolute atomic E-state index is 0.318. The van der Waals surface area contributed by atoms with Crippen LogP contribution in [0.5, 0.6) is 0 Å². The predicted molar refractivity (Wildman–Crippen MR) is 108 cm³/mol. The van der Waals surface area contributed by atoms with Gasteiger partial charge >= 0.3 is 0 Å². The molecule has 0 aliphatic heterocycles. The predicted octanol–water partition coefficient (Wildman–Crippen LogP) is 6.11. The molecule has 3 aromatic rings. The molecule has 0 amide bonds. The van der Waals surface area contributed by atoms with Crippen LogP contribution >= 0.6 is 0 Å². The summed E-state index contributed by atoms with van der Waals surface area (Å²) < 4.78 is 14.5. The number of hydrogen-bond donors (Lipinski definition) is 0. The summed E-state index contributed by atoms with van der Waals surface area (Å²) in [5.41, 5.74) is 4.69. The van der Waals surface area contributed by atoms with Crippen molar-refractivity contribution in [2.45, 2.75) is 26.2 Å². The molecule has 0 aliphatic rings. The van der Waals surface area contributed by atoms with Crippen molar-refractivity contribution in [3.05, 3.63) is 94.8 Å². The number of nitrogens with zero attached hydrogens (tertiary/aromatic N) is 1. The van der Waals surface area contributed by atoms with Crippen molar-refractivity contribution in [3.63, 3.8) is 0 Å². The van der Waals surface area contributed by atoms with Crippen molar-refractivity contribution < 1.29 is 4.39 Å². The molecule has 3 rings (SSSR count). The third-order valence-electron chi connectivity index (χ3n) is 4.42. The second kappa shape index (κ2) is 8.84. The molecule has 0 spiro atoms. The number of rotatable bonds is 4. The molecule has 0 saturated heterocycles. The molecule has 0 bridgehead atoms. The fourth-order valence-electron chi connectivity index (χ4n) is 2.83. The van der Waals surface area contributed by atoms with Crippen molar-refractivity contribution in [1.29, 1.82) is 5.26 Å². The van der Waals surface area contributed by atoms with Gasteiger partial charge in [0.15, 0.2) is 0 Å². The van der Waals surface area contributed by atoms with Crippen molar-refractivity contribution in [2.24, 2.45) is 0 Å². The topological polar surface area (TPSA) is 23.8 Å². The Morgan fingerprint density at radius 3 is 2.07 bits per heavy atom. The van der Waals surface area contributed by atoms with E-state index in [0.717, 1.165) is 17.5 Å². The quantitative estimate of drug-likeness (QED) is 0.519. The molecule has 0 aliphatic carbocycles. The summed E-state index contributed by atoms with van der Waals surface area (Å²) >= 11 is 0. The summed E-state index contributed by atoms with van der Waals surface area (Å²) in [6.07, 6.45) is 3.47. The second-order valence-corrected chi connectivity index (χ2v) is 6.43. The van der Waals surface area contributed by atoms with Gasteiger partial charge in [-0.15, -0.1) is 0 Å². The van der Waals surface area contributed by atoms with Crippen LogP contribution in [0.3, 0.4) is 0 Å². The zero-order valence-corrected chi connectivity index (χ0v) is 15.3. The number of benzene rings is 3. The average molecular weight is 353 g/mol. The fourth-order valence-corrected chi connectivity index (χ4v) is 2.83. The Labute approximate surface area is 160 Å². The third kappa shape index (κ3) is 4.84. The van der Waals surface area contributed by atoms with Crippen LogP contribution in [0, 0.1) is 29.0 Å². The number of nitriles is 1. The molecule has 0 fully saturated rings. The molecule has 0 N–H and O–H groups in total. The molecule has 0 unspecified atom stereocenters. The number of hydrogen-bond acceptors (Lipinski definition) is 1. The van der Waals surface area contributed by atoms with Crippen molar-refractivity contribution >= 4 is 0 Å². The number of aryl methyl sites for hydroxylation is 1. The van der Waals surface area contributed by atoms with Gasteiger partial charge in [0.05, 0.1) is 11.6 Å². The van der Waals surface area contributed by atoms with E-state index in [2.05, 4.69) is 37.0 Å². The van der Waals surface area contributed by atoms with Gasteiger partial charge in [0.25, 0.3) is 0 Å². The lowest BCUT2D eigenvalue weighted by molar-refractivity contribution is 0.631. The highest BCUT2D eigenvalue weighted by molar-refractivity contribution is 5.66. The van der Waals surface area contributed by atoms with Gasteiger partial charge in [0.1, 0.15) is 5.82 Å². The lowest BCUT2D eigenvalue weighted by Gasteiger charge is -2.04. The van der Waals surface area contributed by atoms with Crippen LogP contribution in [0.2, 0.25) is 0 Å². The standard InChI is InChI=1S/C25H20FN/c1-2-3-4-19-5-7-20(8-6-19)9-10-21-13-16-24(25(26)17-21)23-14-11-22(18-27)12-15-23/h5-8,11-17H,2-4H2,1H3. The normalized spacial score (nSPS) is 9.96. The maximum atomic E-state index is 14.5. The summed E-state index contributed by atoms with van der Waals surface area (Å²) in [6.45, 7) is 2.19. The van der Waals surface area contributed by atoms with Crippen molar-refractivity contribution in [1.82, 2.24) is 0 Å². The van der Waals surface area contributed by atoms with E-state index in [1.165, 1.54) is 24.5 Å². The summed E-state index contributed by atoms with van der Waals surface area (Å²) in [5, 5.41) is 8.86. The molecular formula is C25H20FN. The summed E-state index contributed by atoms with van der Waals surface area (Å²) in [5.74, 6) is 5.80. The molecule has 27 heavy (non-hydrogen) atoms. The van der Waals surface area contributed by atoms with E-state index >= 15 is 0 Å². The van der Waals surface area contributed by atoms with Crippen LogP contribution in [0.1, 0.15) is 42.0 Å². The Hall–Kier alpha value is -3.36. The van der Waals surface area contributed by atoms with Gasteiger partial charge < -0.3 is 0 Å². The highest BCUT2D eigenvalue weighted by Crippen LogP contribution is 2.24. The molecular weight excluding hydrogens is 333 g/mol. The van der Waals surface area contributed by atoms with Crippen LogP contribution in [0.25, 0.3) is 11.1 Å². The van der Waals surface area contributed by atoms with E-state index in [1.807, 2.05) is 18.2 Å². The first-order chi connectivity index (χ1) is 13.2. The highest BCUT2D eigenvalue weighted by Gasteiger charge is 2.05. The molecule has 0 saturated carbocycles. The first kappa shape index (κ1) is 18.4. The molecule has 1 nitrogen and oxygen atoms in total. The zero-order valence-electron chi connectivity index (χ0n) is 15.3. The second-order valence-electron chi connectivity index (χ2n) is 6.43.